The highest BCUT2D eigenvalue weighted by Gasteiger charge is 2.20. The lowest BCUT2D eigenvalue weighted by Crippen LogP contribution is -2.38. The van der Waals surface area contributed by atoms with Gasteiger partial charge in [-0.05, 0) is 50.9 Å². The van der Waals surface area contributed by atoms with Gasteiger partial charge in [0.25, 0.3) is 5.56 Å². The van der Waals surface area contributed by atoms with Crippen LogP contribution in [0, 0.1) is 5.92 Å². The van der Waals surface area contributed by atoms with Gasteiger partial charge >= 0.3 is 0 Å². The van der Waals surface area contributed by atoms with Gasteiger partial charge in [-0.1, -0.05) is 12.1 Å². The molecule has 0 bridgehead atoms. The minimum absolute atomic E-state index is 0.0781. The molecular formula is C18H25N3O2. The average Bonchev–Trinajstić information content (AvgIpc) is 2.59. The molecule has 2 heterocycles. The summed E-state index contributed by atoms with van der Waals surface area (Å²) in [6, 6.07) is 7.55. The van der Waals surface area contributed by atoms with Gasteiger partial charge in [0, 0.05) is 19.7 Å². The fourth-order valence-electron chi connectivity index (χ4n) is 3.24. The molecule has 2 aromatic rings. The molecule has 0 unspecified atom stereocenters. The van der Waals surface area contributed by atoms with E-state index in [2.05, 4.69) is 9.88 Å². The maximum Gasteiger partial charge on any atom is 0.261 e. The molecule has 124 valence electrons. The number of nitrogens with zero attached hydrogens (tertiary/aromatic N) is 3. The lowest BCUT2D eigenvalue weighted by Gasteiger charge is -2.32. The number of hydrogen-bond donors (Lipinski definition) is 0. The van der Waals surface area contributed by atoms with E-state index in [1.165, 1.54) is 0 Å². The Morgan fingerprint density at radius 2 is 2.04 bits per heavy atom. The molecule has 0 aliphatic carbocycles. The summed E-state index contributed by atoms with van der Waals surface area (Å²) in [5, 5.41) is 0.712. The van der Waals surface area contributed by atoms with E-state index < -0.39 is 0 Å². The first-order valence-corrected chi connectivity index (χ1v) is 8.52. The van der Waals surface area contributed by atoms with Gasteiger partial charge in [0.2, 0.25) is 0 Å². The molecule has 0 amide bonds. The van der Waals surface area contributed by atoms with Gasteiger partial charge in [-0.15, -0.1) is 0 Å². The second kappa shape index (κ2) is 7.70. The molecule has 5 nitrogen and oxygen atoms in total. The Morgan fingerprint density at radius 3 is 2.83 bits per heavy atom. The van der Waals surface area contributed by atoms with Gasteiger partial charge in [-0.25, -0.2) is 4.98 Å². The van der Waals surface area contributed by atoms with Crippen LogP contribution in [0.4, 0.5) is 0 Å². The molecule has 0 saturated carbocycles. The summed E-state index contributed by atoms with van der Waals surface area (Å²) in [4.78, 5) is 19.4. The third kappa shape index (κ3) is 3.98. The van der Waals surface area contributed by atoms with Gasteiger partial charge < -0.3 is 9.64 Å². The monoisotopic (exact) mass is 315 g/mol. The molecule has 5 heteroatoms. The Labute approximate surface area is 136 Å². The number of likely N-dealkylation sites (tertiary alicyclic amines) is 1. The molecule has 3 rings (SSSR count). The van der Waals surface area contributed by atoms with Crippen molar-refractivity contribution in [1.82, 2.24) is 14.5 Å². The minimum Gasteiger partial charge on any atom is -0.380 e. The van der Waals surface area contributed by atoms with Crippen molar-refractivity contribution in [3.05, 3.63) is 40.9 Å². The first kappa shape index (κ1) is 16.1. The predicted molar refractivity (Wildman–Crippen MR) is 91.7 cm³/mol. The van der Waals surface area contributed by atoms with E-state index in [9.17, 15) is 4.79 Å². The molecule has 1 aromatic carbocycles. The summed E-state index contributed by atoms with van der Waals surface area (Å²) >= 11 is 0. The Kier molecular flexibility index (Phi) is 5.41. The quantitative estimate of drug-likeness (QED) is 0.766. The van der Waals surface area contributed by atoms with Crippen LogP contribution in [0.25, 0.3) is 10.9 Å². The molecule has 0 spiro atoms. The van der Waals surface area contributed by atoms with Crippen LogP contribution in [0.1, 0.15) is 19.8 Å². The smallest absolute Gasteiger partial charge is 0.261 e. The fourth-order valence-corrected chi connectivity index (χ4v) is 3.24. The molecule has 1 aliphatic rings. The van der Waals surface area contributed by atoms with Crippen molar-refractivity contribution in [3.8, 4) is 0 Å². The van der Waals surface area contributed by atoms with Crippen LogP contribution in [-0.2, 0) is 11.3 Å². The van der Waals surface area contributed by atoms with Crippen LogP contribution in [0.3, 0.4) is 0 Å². The molecule has 0 radical (unpaired) electrons. The lowest BCUT2D eigenvalue weighted by atomic mass is 9.96. The van der Waals surface area contributed by atoms with Crippen LogP contribution in [0.5, 0.6) is 0 Å². The number of benzene rings is 1. The second-order valence-electron chi connectivity index (χ2n) is 6.20. The first-order valence-electron chi connectivity index (χ1n) is 8.52. The third-order valence-electron chi connectivity index (χ3n) is 4.65. The van der Waals surface area contributed by atoms with Crippen molar-refractivity contribution in [1.29, 1.82) is 0 Å². The van der Waals surface area contributed by atoms with Crippen molar-refractivity contribution in [2.45, 2.75) is 26.3 Å². The fraction of sp³-hybridized carbons (Fsp3) is 0.556. The zero-order chi connectivity index (χ0) is 16.1. The van der Waals surface area contributed by atoms with Crippen LogP contribution in [0.2, 0.25) is 0 Å². The highest BCUT2D eigenvalue weighted by molar-refractivity contribution is 5.76. The number of hydrogen-bond acceptors (Lipinski definition) is 4. The van der Waals surface area contributed by atoms with E-state index in [4.69, 9.17) is 4.74 Å². The second-order valence-corrected chi connectivity index (χ2v) is 6.20. The molecule has 23 heavy (non-hydrogen) atoms. The first-order chi connectivity index (χ1) is 11.3. The minimum atomic E-state index is 0.0781. The maximum atomic E-state index is 12.5. The molecule has 1 fully saturated rings. The summed E-state index contributed by atoms with van der Waals surface area (Å²) in [5.41, 5.74) is 0.855. The van der Waals surface area contributed by atoms with E-state index in [0.717, 1.165) is 57.8 Å². The highest BCUT2D eigenvalue weighted by atomic mass is 16.5. The average molecular weight is 315 g/mol. The molecule has 0 atom stereocenters. The van der Waals surface area contributed by atoms with E-state index in [0.29, 0.717) is 11.3 Å². The Bertz CT molecular complexity index is 690. The van der Waals surface area contributed by atoms with E-state index >= 15 is 0 Å². The van der Waals surface area contributed by atoms with Crippen molar-refractivity contribution < 1.29 is 4.74 Å². The van der Waals surface area contributed by atoms with Crippen LogP contribution in [-0.4, -0.2) is 47.3 Å². The highest BCUT2D eigenvalue weighted by Crippen LogP contribution is 2.18. The summed E-state index contributed by atoms with van der Waals surface area (Å²) in [6.45, 7) is 7.60. The van der Waals surface area contributed by atoms with Gasteiger partial charge in [-0.3, -0.25) is 9.36 Å². The summed E-state index contributed by atoms with van der Waals surface area (Å²) in [6.07, 6.45) is 3.96. The number of aromatic nitrogens is 2. The van der Waals surface area contributed by atoms with Gasteiger partial charge in [0.1, 0.15) is 0 Å². The zero-order valence-electron chi connectivity index (χ0n) is 13.8. The summed E-state index contributed by atoms with van der Waals surface area (Å²) in [7, 11) is 0. The summed E-state index contributed by atoms with van der Waals surface area (Å²) < 4.78 is 7.20. The predicted octanol–water partition coefficient (Wildman–Crippen LogP) is 2.14. The number of para-hydroxylation sites is 1. The molecular weight excluding hydrogens is 290 g/mol. The standard InChI is InChI=1S/C18H25N3O2/c1-2-23-12-11-20-9-7-15(8-10-20)13-21-14-19-17-6-4-3-5-16(17)18(21)22/h3-6,14-15H,2,7-13H2,1H3. The van der Waals surface area contributed by atoms with Gasteiger partial charge in [-0.2, -0.15) is 0 Å². The van der Waals surface area contributed by atoms with Crippen LogP contribution < -0.4 is 5.56 Å². The number of piperidine rings is 1. The third-order valence-corrected chi connectivity index (χ3v) is 4.65. The van der Waals surface area contributed by atoms with E-state index in [-0.39, 0.29) is 5.56 Å². The van der Waals surface area contributed by atoms with Gasteiger partial charge in [0.05, 0.1) is 23.8 Å². The normalized spacial score (nSPS) is 16.9. The lowest BCUT2D eigenvalue weighted by molar-refractivity contribution is 0.0933. The van der Waals surface area contributed by atoms with Crippen LogP contribution >= 0.6 is 0 Å². The van der Waals surface area contributed by atoms with Crippen LogP contribution in [0.15, 0.2) is 35.4 Å². The Hall–Kier alpha value is -1.72. The topological polar surface area (TPSA) is 47.4 Å². The van der Waals surface area contributed by atoms with Crippen molar-refractivity contribution >= 4 is 10.9 Å². The number of rotatable bonds is 6. The number of ether oxygens (including phenoxy) is 1. The van der Waals surface area contributed by atoms with E-state index in [1.807, 2.05) is 31.2 Å². The van der Waals surface area contributed by atoms with Crippen molar-refractivity contribution in [2.75, 3.05) is 32.8 Å². The molecule has 1 aromatic heterocycles. The largest absolute Gasteiger partial charge is 0.380 e. The molecule has 1 aliphatic heterocycles. The Morgan fingerprint density at radius 1 is 1.26 bits per heavy atom. The summed E-state index contributed by atoms with van der Waals surface area (Å²) in [5.74, 6) is 0.555. The van der Waals surface area contributed by atoms with Gasteiger partial charge in [0.15, 0.2) is 0 Å². The maximum absolute atomic E-state index is 12.5. The SMILES string of the molecule is CCOCCN1CCC(Cn2cnc3ccccc3c2=O)CC1. The molecule has 1 saturated heterocycles. The van der Waals surface area contributed by atoms with E-state index in [1.54, 1.807) is 10.9 Å². The van der Waals surface area contributed by atoms with Crippen molar-refractivity contribution in [3.63, 3.8) is 0 Å². The zero-order valence-corrected chi connectivity index (χ0v) is 13.8. The number of fused-ring (bicyclic) bond motifs is 1. The molecule has 0 N–H and O–H groups in total. The van der Waals surface area contributed by atoms with Crippen molar-refractivity contribution in [2.24, 2.45) is 5.92 Å². The Balaban J connectivity index is 1.59.